The predicted molar refractivity (Wildman–Crippen MR) is 141 cm³/mol. The van der Waals surface area contributed by atoms with Crippen LogP contribution in [0.3, 0.4) is 0 Å². The number of aromatic nitrogens is 5. The fourth-order valence-electron chi connectivity index (χ4n) is 5.41. The Bertz CT molecular complexity index is 1320. The molecule has 1 aliphatic carbocycles. The highest BCUT2D eigenvalue weighted by Gasteiger charge is 2.26. The summed E-state index contributed by atoms with van der Waals surface area (Å²) in [5, 5.41) is 9.39. The van der Waals surface area contributed by atoms with Crippen LogP contribution in [0.15, 0.2) is 30.9 Å². The molecule has 0 bridgehead atoms. The number of rotatable bonds is 6. The fraction of sp³-hybridized carbons (Fsp3) is 0.536. The van der Waals surface area contributed by atoms with Gasteiger partial charge in [0.15, 0.2) is 11.4 Å². The molecule has 0 aliphatic heterocycles. The maximum Gasteiger partial charge on any atom is 0.197 e. The van der Waals surface area contributed by atoms with Gasteiger partial charge in [0.2, 0.25) is 0 Å². The highest BCUT2D eigenvalue weighted by Crippen LogP contribution is 2.39. The molecule has 4 aromatic heterocycles. The second-order valence-corrected chi connectivity index (χ2v) is 11.5. The zero-order valence-corrected chi connectivity index (χ0v) is 21.9. The number of H-pyrrole nitrogens is 1. The predicted octanol–water partition coefficient (Wildman–Crippen LogP) is 6.07. The van der Waals surface area contributed by atoms with E-state index in [0.717, 1.165) is 29.0 Å². The van der Waals surface area contributed by atoms with Crippen molar-refractivity contribution >= 4 is 16.6 Å². The molecule has 0 aromatic carbocycles. The molecule has 0 unspecified atom stereocenters. The lowest BCUT2D eigenvalue weighted by Crippen LogP contribution is -2.38. The Hall–Kier alpha value is -2.93. The van der Waals surface area contributed by atoms with Gasteiger partial charge in [-0.2, -0.15) is 5.10 Å². The molecule has 2 N–H and O–H groups in total. The van der Waals surface area contributed by atoms with Crippen molar-refractivity contribution in [2.75, 3.05) is 13.7 Å². The summed E-state index contributed by atoms with van der Waals surface area (Å²) in [6.45, 7) is 12.5. The average Bonchev–Trinajstić information content (AvgIpc) is 3.46. The number of pyridine rings is 2. The van der Waals surface area contributed by atoms with Gasteiger partial charge in [0.1, 0.15) is 6.33 Å². The van der Waals surface area contributed by atoms with E-state index in [2.05, 4.69) is 61.1 Å². The largest absolute Gasteiger partial charge is 0.493 e. The van der Waals surface area contributed by atoms with Gasteiger partial charge < -0.3 is 15.0 Å². The van der Waals surface area contributed by atoms with Crippen LogP contribution in [0, 0.1) is 5.41 Å². The Labute approximate surface area is 207 Å². The quantitative estimate of drug-likeness (QED) is 0.355. The first-order chi connectivity index (χ1) is 16.7. The van der Waals surface area contributed by atoms with Gasteiger partial charge in [-0.1, -0.05) is 34.6 Å². The molecule has 4 aromatic rings. The van der Waals surface area contributed by atoms with Crippen molar-refractivity contribution < 1.29 is 4.74 Å². The smallest absolute Gasteiger partial charge is 0.197 e. The first kappa shape index (κ1) is 23.8. The minimum atomic E-state index is 0.325. The van der Waals surface area contributed by atoms with Crippen molar-refractivity contribution in [2.24, 2.45) is 5.41 Å². The molecule has 0 amide bonds. The van der Waals surface area contributed by atoms with Crippen LogP contribution < -0.4 is 10.1 Å². The molecule has 0 radical (unpaired) electrons. The molecule has 5 rings (SSSR count). The molecule has 35 heavy (non-hydrogen) atoms. The van der Waals surface area contributed by atoms with Gasteiger partial charge >= 0.3 is 0 Å². The van der Waals surface area contributed by atoms with Gasteiger partial charge in [0.25, 0.3) is 0 Å². The number of hydrogen-bond donors (Lipinski definition) is 2. The third-order valence-corrected chi connectivity index (χ3v) is 7.24. The van der Waals surface area contributed by atoms with E-state index >= 15 is 0 Å². The number of methoxy groups -OCH3 is 1. The second-order valence-electron chi connectivity index (χ2n) is 11.5. The van der Waals surface area contributed by atoms with E-state index in [4.69, 9.17) is 9.72 Å². The summed E-state index contributed by atoms with van der Waals surface area (Å²) in [6.07, 6.45) is 10.4. The number of hydrogen-bond acceptors (Lipinski definition) is 5. The second kappa shape index (κ2) is 9.26. The van der Waals surface area contributed by atoms with Crippen LogP contribution in [0.5, 0.6) is 5.75 Å². The van der Waals surface area contributed by atoms with Crippen molar-refractivity contribution in [3.63, 3.8) is 0 Å². The zero-order chi connectivity index (χ0) is 24.7. The molecule has 1 aliphatic rings. The van der Waals surface area contributed by atoms with E-state index in [1.165, 1.54) is 42.3 Å². The molecule has 1 saturated carbocycles. The normalized spacial score (nSPS) is 19.2. The number of aromatic amines is 1. The van der Waals surface area contributed by atoms with E-state index in [0.29, 0.717) is 29.0 Å². The molecule has 0 spiro atoms. The van der Waals surface area contributed by atoms with E-state index in [9.17, 15) is 0 Å². The number of fused-ring (bicyclic) bond motifs is 2. The highest BCUT2D eigenvalue weighted by atomic mass is 16.5. The lowest BCUT2D eigenvalue weighted by molar-refractivity contribution is 0.292. The summed E-state index contributed by atoms with van der Waals surface area (Å²) in [7, 11) is 1.67. The minimum absolute atomic E-state index is 0.325. The van der Waals surface area contributed by atoms with Gasteiger partial charge in [-0.05, 0) is 54.7 Å². The molecule has 1 fully saturated rings. The van der Waals surface area contributed by atoms with Crippen LogP contribution in [0.25, 0.3) is 27.8 Å². The van der Waals surface area contributed by atoms with Crippen molar-refractivity contribution in [3.05, 3.63) is 42.1 Å². The van der Waals surface area contributed by atoms with Crippen LogP contribution in [0.2, 0.25) is 0 Å². The highest BCUT2D eigenvalue weighted by molar-refractivity contribution is 5.91. The molecule has 0 atom stereocenters. The third kappa shape index (κ3) is 4.79. The van der Waals surface area contributed by atoms with Crippen LogP contribution in [0.1, 0.15) is 83.4 Å². The fourth-order valence-corrected chi connectivity index (χ4v) is 5.41. The summed E-state index contributed by atoms with van der Waals surface area (Å²) in [5.74, 6) is 1.59. The van der Waals surface area contributed by atoms with Gasteiger partial charge in [0, 0.05) is 41.3 Å². The summed E-state index contributed by atoms with van der Waals surface area (Å²) < 4.78 is 7.39. The van der Waals surface area contributed by atoms with Gasteiger partial charge in [-0.3, -0.25) is 4.98 Å². The Kier molecular flexibility index (Phi) is 6.30. The standard InChI is InChI=1S/C28H38N6O/c1-17(2)25-21-12-22(18-7-9-20(10-8-18)30-15-28(3,4)5)29-13-23(21)33-26(25)19-11-24(35-6)27-31-16-32-34(27)14-19/h11-14,16-18,20,30,33H,7-10,15H2,1-6H3. The molecular formula is C28H38N6O. The lowest BCUT2D eigenvalue weighted by atomic mass is 9.83. The Morgan fingerprint density at radius 1 is 1.14 bits per heavy atom. The lowest BCUT2D eigenvalue weighted by Gasteiger charge is -2.31. The maximum absolute atomic E-state index is 5.61. The molecule has 7 nitrogen and oxygen atoms in total. The minimum Gasteiger partial charge on any atom is -0.493 e. The zero-order valence-electron chi connectivity index (χ0n) is 21.9. The number of nitrogens with zero attached hydrogens (tertiary/aromatic N) is 4. The topological polar surface area (TPSA) is 80.1 Å². The van der Waals surface area contributed by atoms with Gasteiger partial charge in [-0.25, -0.2) is 9.50 Å². The SMILES string of the molecule is COc1cc(-c2[nH]c3cnc(C4CCC(NCC(C)(C)C)CC4)cc3c2C(C)C)cn2ncnc12. The maximum atomic E-state index is 5.61. The first-order valence-electron chi connectivity index (χ1n) is 12.9. The molecule has 7 heteroatoms. The molecule has 0 saturated heterocycles. The van der Waals surface area contributed by atoms with Crippen molar-refractivity contribution in [2.45, 2.75) is 78.2 Å². The van der Waals surface area contributed by atoms with Crippen molar-refractivity contribution in [1.82, 2.24) is 29.9 Å². The number of ether oxygens (including phenoxy) is 1. The Morgan fingerprint density at radius 2 is 1.91 bits per heavy atom. The summed E-state index contributed by atoms with van der Waals surface area (Å²) >= 11 is 0. The number of nitrogens with one attached hydrogen (secondary N) is 2. The third-order valence-electron chi connectivity index (χ3n) is 7.24. The van der Waals surface area contributed by atoms with Crippen molar-refractivity contribution in [1.29, 1.82) is 0 Å². The van der Waals surface area contributed by atoms with E-state index in [-0.39, 0.29) is 0 Å². The van der Waals surface area contributed by atoms with Gasteiger partial charge in [0.05, 0.1) is 24.5 Å². The molecule has 4 heterocycles. The summed E-state index contributed by atoms with van der Waals surface area (Å²) in [5.41, 5.74) is 6.78. The van der Waals surface area contributed by atoms with Crippen molar-refractivity contribution in [3.8, 4) is 17.0 Å². The van der Waals surface area contributed by atoms with Crippen LogP contribution in [0.4, 0.5) is 0 Å². The van der Waals surface area contributed by atoms with Crippen LogP contribution in [-0.4, -0.2) is 44.3 Å². The van der Waals surface area contributed by atoms with Crippen LogP contribution in [-0.2, 0) is 0 Å². The van der Waals surface area contributed by atoms with Crippen LogP contribution >= 0.6 is 0 Å². The monoisotopic (exact) mass is 474 g/mol. The molecule has 186 valence electrons. The van der Waals surface area contributed by atoms with E-state index in [1.54, 1.807) is 18.0 Å². The first-order valence-corrected chi connectivity index (χ1v) is 12.9. The van der Waals surface area contributed by atoms with E-state index < -0.39 is 0 Å². The van der Waals surface area contributed by atoms with Gasteiger partial charge in [-0.15, -0.1) is 0 Å². The summed E-state index contributed by atoms with van der Waals surface area (Å²) in [4.78, 5) is 12.9. The average molecular weight is 475 g/mol. The van der Waals surface area contributed by atoms with E-state index in [1.807, 2.05) is 18.5 Å². The Balaban J connectivity index is 1.45. The Morgan fingerprint density at radius 3 is 2.60 bits per heavy atom. The molecular weight excluding hydrogens is 436 g/mol. The summed E-state index contributed by atoms with van der Waals surface area (Å²) in [6, 6.07) is 5.01.